The minimum absolute atomic E-state index is 0.120. The average molecular weight is 350 g/mol. The van der Waals surface area contributed by atoms with Gasteiger partial charge in [-0.05, 0) is 44.2 Å². The van der Waals surface area contributed by atoms with E-state index in [2.05, 4.69) is 40.2 Å². The predicted molar refractivity (Wildman–Crippen MR) is 101 cm³/mol. The zero-order valence-corrected chi connectivity index (χ0v) is 15.5. The first-order valence-corrected chi connectivity index (χ1v) is 9.50. The van der Waals surface area contributed by atoms with Crippen LogP contribution < -0.4 is 4.74 Å². The molecule has 2 aliphatic rings. The summed E-state index contributed by atoms with van der Waals surface area (Å²) in [5.41, 5.74) is 3.01. The maximum atomic E-state index is 13.0. The number of nitrogens with zero attached hydrogens (tertiary/aromatic N) is 2. The molecule has 2 saturated heterocycles. The zero-order chi connectivity index (χ0) is 18.1. The Kier molecular flexibility index (Phi) is 4.77. The number of hydrogen-bond donors (Lipinski definition) is 0. The molecule has 4 heteroatoms. The lowest BCUT2D eigenvalue weighted by atomic mass is 9.84. The number of benzene rings is 1. The number of Topliss-reactive ketones (excluding diaryl/α,β-unsaturated/α-hetero) is 1. The van der Waals surface area contributed by atoms with Crippen LogP contribution in [0.4, 0.5) is 0 Å². The second kappa shape index (κ2) is 7.20. The molecule has 2 unspecified atom stereocenters. The number of aryl methyl sites for hydroxylation is 1. The van der Waals surface area contributed by atoms with Gasteiger partial charge in [0.25, 0.3) is 0 Å². The molecule has 0 spiro atoms. The number of ether oxygens (including phenoxy) is 1. The molecule has 3 heterocycles. The third-order valence-corrected chi connectivity index (χ3v) is 5.97. The van der Waals surface area contributed by atoms with Crippen molar-refractivity contribution in [1.82, 2.24) is 9.88 Å². The van der Waals surface area contributed by atoms with Gasteiger partial charge in [-0.15, -0.1) is 0 Å². The van der Waals surface area contributed by atoms with Gasteiger partial charge in [-0.3, -0.25) is 9.69 Å². The van der Waals surface area contributed by atoms with E-state index in [0.717, 1.165) is 30.5 Å². The fourth-order valence-electron chi connectivity index (χ4n) is 4.69. The van der Waals surface area contributed by atoms with Gasteiger partial charge >= 0.3 is 0 Å². The van der Waals surface area contributed by atoms with Crippen LogP contribution in [0.1, 0.15) is 47.2 Å². The molecule has 2 bridgehead atoms. The van der Waals surface area contributed by atoms with E-state index in [1.165, 1.54) is 18.4 Å². The van der Waals surface area contributed by atoms with Crippen molar-refractivity contribution in [2.45, 2.75) is 51.2 Å². The molecule has 0 aliphatic carbocycles. The highest BCUT2D eigenvalue weighted by Gasteiger charge is 2.42. The van der Waals surface area contributed by atoms with Gasteiger partial charge in [0, 0.05) is 41.9 Å². The van der Waals surface area contributed by atoms with E-state index in [1.807, 2.05) is 13.0 Å². The van der Waals surface area contributed by atoms with E-state index in [9.17, 15) is 4.79 Å². The van der Waals surface area contributed by atoms with Crippen LogP contribution in [0.5, 0.6) is 5.88 Å². The van der Waals surface area contributed by atoms with Crippen LogP contribution >= 0.6 is 0 Å². The van der Waals surface area contributed by atoms with Gasteiger partial charge in [-0.2, -0.15) is 0 Å². The Labute approximate surface area is 155 Å². The normalized spacial score (nSPS) is 25.2. The molecule has 2 atom stereocenters. The average Bonchev–Trinajstić information content (AvgIpc) is 2.90. The molecule has 26 heavy (non-hydrogen) atoms. The third-order valence-electron chi connectivity index (χ3n) is 5.97. The third kappa shape index (κ3) is 3.26. The van der Waals surface area contributed by atoms with Crippen LogP contribution in [0.15, 0.2) is 42.6 Å². The largest absolute Gasteiger partial charge is 0.481 e. The molecule has 2 fully saturated rings. The minimum Gasteiger partial charge on any atom is -0.481 e. The minimum atomic E-state index is 0.120. The predicted octanol–water partition coefficient (Wildman–Crippen LogP) is 4.02. The first-order valence-electron chi connectivity index (χ1n) is 9.50. The smallest absolute Gasteiger partial charge is 0.215 e. The van der Waals surface area contributed by atoms with Crippen LogP contribution in [0.3, 0.4) is 0 Å². The summed E-state index contributed by atoms with van der Waals surface area (Å²) in [5, 5.41) is 0. The van der Waals surface area contributed by atoms with Gasteiger partial charge in [0.05, 0.1) is 7.11 Å². The molecule has 0 radical (unpaired) electrons. The van der Waals surface area contributed by atoms with Gasteiger partial charge in [-0.25, -0.2) is 4.98 Å². The number of methoxy groups -OCH3 is 1. The number of pyridine rings is 1. The molecule has 1 aromatic carbocycles. The number of fused-ring (bicyclic) bond motifs is 2. The van der Waals surface area contributed by atoms with E-state index in [0.29, 0.717) is 18.0 Å². The number of rotatable bonds is 5. The second-order valence-corrected chi connectivity index (χ2v) is 7.63. The topological polar surface area (TPSA) is 42.4 Å². The standard InChI is InChI=1S/C22H26N2O2/c1-15-10-18(13-23-22(15)26-2)21(25)17-11-19-8-9-20(12-17)24(19)14-16-6-4-3-5-7-16/h3-7,10,13,17,19-20H,8-9,11-12,14H2,1-2H3. The van der Waals surface area contributed by atoms with E-state index in [1.54, 1.807) is 13.3 Å². The van der Waals surface area contributed by atoms with Crippen molar-refractivity contribution in [2.24, 2.45) is 5.92 Å². The summed E-state index contributed by atoms with van der Waals surface area (Å²) in [7, 11) is 1.61. The van der Waals surface area contributed by atoms with E-state index in [-0.39, 0.29) is 11.7 Å². The number of carbonyl (C=O) groups excluding carboxylic acids is 1. The molecule has 1 aromatic heterocycles. The summed E-state index contributed by atoms with van der Waals surface area (Å²) < 4.78 is 5.21. The van der Waals surface area contributed by atoms with E-state index in [4.69, 9.17) is 4.74 Å². The zero-order valence-electron chi connectivity index (χ0n) is 15.5. The Morgan fingerprint density at radius 1 is 1.19 bits per heavy atom. The van der Waals surface area contributed by atoms with Crippen molar-refractivity contribution < 1.29 is 9.53 Å². The molecule has 4 nitrogen and oxygen atoms in total. The van der Waals surface area contributed by atoms with Gasteiger partial charge in [0.2, 0.25) is 5.88 Å². The van der Waals surface area contributed by atoms with Crippen LogP contribution in [0.25, 0.3) is 0 Å². The van der Waals surface area contributed by atoms with Crippen LogP contribution in [0, 0.1) is 12.8 Å². The summed E-state index contributed by atoms with van der Waals surface area (Å²) in [6, 6.07) is 13.6. The Morgan fingerprint density at radius 2 is 1.88 bits per heavy atom. The lowest BCUT2D eigenvalue weighted by Crippen LogP contribution is -2.44. The van der Waals surface area contributed by atoms with E-state index < -0.39 is 0 Å². The van der Waals surface area contributed by atoms with Gasteiger partial charge in [0.1, 0.15) is 0 Å². The first-order chi connectivity index (χ1) is 12.7. The molecule has 0 N–H and O–H groups in total. The van der Waals surface area contributed by atoms with Crippen LogP contribution in [-0.4, -0.2) is 34.9 Å². The second-order valence-electron chi connectivity index (χ2n) is 7.63. The lowest BCUT2D eigenvalue weighted by Gasteiger charge is -2.38. The maximum Gasteiger partial charge on any atom is 0.215 e. The summed E-state index contributed by atoms with van der Waals surface area (Å²) in [4.78, 5) is 19.9. The molecule has 4 rings (SSSR count). The Bertz CT molecular complexity index is 776. The van der Waals surface area contributed by atoms with Crippen molar-refractivity contribution in [1.29, 1.82) is 0 Å². The van der Waals surface area contributed by atoms with Crippen molar-refractivity contribution >= 4 is 5.78 Å². The molecule has 2 aromatic rings. The molecular formula is C22H26N2O2. The lowest BCUT2D eigenvalue weighted by molar-refractivity contribution is 0.0678. The highest BCUT2D eigenvalue weighted by molar-refractivity contribution is 5.98. The van der Waals surface area contributed by atoms with Crippen molar-refractivity contribution in [3.05, 3.63) is 59.3 Å². The van der Waals surface area contributed by atoms with E-state index >= 15 is 0 Å². The summed E-state index contributed by atoms with van der Waals surface area (Å²) in [6.45, 7) is 2.94. The molecule has 136 valence electrons. The molecule has 0 saturated carbocycles. The number of carbonyl (C=O) groups is 1. The monoisotopic (exact) mass is 350 g/mol. The Balaban J connectivity index is 1.46. The van der Waals surface area contributed by atoms with Crippen molar-refractivity contribution in [3.8, 4) is 5.88 Å². The fraction of sp³-hybridized carbons (Fsp3) is 0.455. The van der Waals surface area contributed by atoms with Gasteiger partial charge in [0.15, 0.2) is 5.78 Å². The Morgan fingerprint density at radius 3 is 2.50 bits per heavy atom. The number of ketones is 1. The quantitative estimate of drug-likeness (QED) is 0.764. The fourth-order valence-corrected chi connectivity index (χ4v) is 4.69. The highest BCUT2D eigenvalue weighted by Crippen LogP contribution is 2.40. The van der Waals surface area contributed by atoms with Crippen LogP contribution in [-0.2, 0) is 6.54 Å². The number of aromatic nitrogens is 1. The van der Waals surface area contributed by atoms with Gasteiger partial charge < -0.3 is 4.74 Å². The van der Waals surface area contributed by atoms with Crippen molar-refractivity contribution in [2.75, 3.05) is 7.11 Å². The Hall–Kier alpha value is -2.20. The van der Waals surface area contributed by atoms with Gasteiger partial charge in [-0.1, -0.05) is 30.3 Å². The maximum absolute atomic E-state index is 13.0. The molecule has 0 amide bonds. The summed E-state index contributed by atoms with van der Waals surface area (Å²) in [5.74, 6) is 0.966. The SMILES string of the molecule is COc1ncc(C(=O)C2CC3CCC(C2)N3Cc2ccccc2)cc1C. The number of hydrogen-bond acceptors (Lipinski definition) is 4. The number of piperidine rings is 1. The summed E-state index contributed by atoms with van der Waals surface area (Å²) in [6.07, 6.45) is 6.02. The molecular weight excluding hydrogens is 324 g/mol. The summed E-state index contributed by atoms with van der Waals surface area (Å²) >= 11 is 0. The van der Waals surface area contributed by atoms with Crippen molar-refractivity contribution in [3.63, 3.8) is 0 Å². The molecule has 2 aliphatic heterocycles. The highest BCUT2D eigenvalue weighted by atomic mass is 16.5. The van der Waals surface area contributed by atoms with Crippen LogP contribution in [0.2, 0.25) is 0 Å². The first kappa shape index (κ1) is 17.2.